The van der Waals surface area contributed by atoms with Crippen molar-refractivity contribution in [1.29, 1.82) is 0 Å². The van der Waals surface area contributed by atoms with Crippen molar-refractivity contribution in [1.82, 2.24) is 10.2 Å². The van der Waals surface area contributed by atoms with Crippen molar-refractivity contribution in [2.24, 2.45) is 0 Å². The van der Waals surface area contributed by atoms with Crippen molar-refractivity contribution in [3.8, 4) is 5.75 Å². The van der Waals surface area contributed by atoms with Gasteiger partial charge in [-0.3, -0.25) is 14.5 Å². The van der Waals surface area contributed by atoms with Crippen LogP contribution < -0.4 is 15.4 Å². The maximum atomic E-state index is 12.0. The number of aliphatic hydroxyl groups is 1. The second kappa shape index (κ2) is 8.65. The molecule has 2 amide bonds. The van der Waals surface area contributed by atoms with Crippen molar-refractivity contribution in [3.63, 3.8) is 0 Å². The normalized spacial score (nSPS) is 18.0. The lowest BCUT2D eigenvalue weighted by Gasteiger charge is -2.29. The number of β-amino-alcohol motifs (C(OH)–C–C–N with tert-alkyl or cyclic N) is 1. The lowest BCUT2D eigenvalue weighted by Crippen LogP contribution is -2.45. The number of piperidine rings is 1. The van der Waals surface area contributed by atoms with Crippen LogP contribution in [0.15, 0.2) is 18.2 Å². The third kappa shape index (κ3) is 5.50. The summed E-state index contributed by atoms with van der Waals surface area (Å²) in [7, 11) is 1.54. The number of nitrogens with zero attached hydrogens (tertiary/aromatic N) is 1. The Morgan fingerprint density at radius 3 is 2.88 bits per heavy atom. The third-order valence-corrected chi connectivity index (χ3v) is 3.92. The number of methoxy groups -OCH3 is 1. The van der Waals surface area contributed by atoms with E-state index >= 15 is 0 Å². The minimum atomic E-state index is -0.372. The van der Waals surface area contributed by atoms with Crippen molar-refractivity contribution in [2.45, 2.75) is 25.9 Å². The van der Waals surface area contributed by atoms with Gasteiger partial charge in [0.05, 0.1) is 32.0 Å². The van der Waals surface area contributed by atoms with Gasteiger partial charge < -0.3 is 20.5 Å². The standard InChI is InChI=1S/C17H25N3O4/c1-12-5-6-15(24-2)14(8-12)19-16(22)9-18-17(23)11-20-7-3-4-13(21)10-20/h5-6,8,13,21H,3-4,7,9-11H2,1-2H3,(H,18,23)(H,19,22). The van der Waals surface area contributed by atoms with Crippen LogP contribution in [0.5, 0.6) is 5.75 Å². The number of aliphatic hydroxyl groups excluding tert-OH is 1. The van der Waals surface area contributed by atoms with E-state index in [1.165, 1.54) is 7.11 Å². The molecule has 1 unspecified atom stereocenters. The number of ether oxygens (including phenoxy) is 1. The molecule has 0 bridgehead atoms. The molecule has 0 aliphatic carbocycles. The first-order valence-electron chi connectivity index (χ1n) is 8.09. The van der Waals surface area contributed by atoms with Gasteiger partial charge in [-0.15, -0.1) is 0 Å². The molecule has 7 nitrogen and oxygen atoms in total. The minimum Gasteiger partial charge on any atom is -0.495 e. The van der Waals surface area contributed by atoms with Gasteiger partial charge in [0.2, 0.25) is 11.8 Å². The van der Waals surface area contributed by atoms with E-state index in [-0.39, 0.29) is 31.0 Å². The van der Waals surface area contributed by atoms with Gasteiger partial charge in [-0.05, 0) is 44.0 Å². The number of rotatable bonds is 6. The summed E-state index contributed by atoms with van der Waals surface area (Å²) in [6, 6.07) is 5.49. The van der Waals surface area contributed by atoms with E-state index in [2.05, 4.69) is 10.6 Å². The van der Waals surface area contributed by atoms with Gasteiger partial charge in [0.25, 0.3) is 0 Å². The van der Waals surface area contributed by atoms with Crippen LogP contribution in [-0.4, -0.2) is 61.2 Å². The zero-order valence-corrected chi connectivity index (χ0v) is 14.2. The third-order valence-electron chi connectivity index (χ3n) is 3.92. The van der Waals surface area contributed by atoms with Crippen LogP contribution in [0.4, 0.5) is 5.69 Å². The molecule has 1 aromatic carbocycles. The molecular formula is C17H25N3O4. The lowest BCUT2D eigenvalue weighted by molar-refractivity contribution is -0.125. The monoisotopic (exact) mass is 335 g/mol. The maximum Gasteiger partial charge on any atom is 0.243 e. The van der Waals surface area contributed by atoms with Crippen molar-refractivity contribution in [2.75, 3.05) is 38.6 Å². The molecule has 2 rings (SSSR count). The summed E-state index contributed by atoms with van der Waals surface area (Å²) in [6.45, 7) is 3.30. The highest BCUT2D eigenvalue weighted by Crippen LogP contribution is 2.24. The second-order valence-electron chi connectivity index (χ2n) is 6.06. The Bertz CT molecular complexity index is 591. The topological polar surface area (TPSA) is 90.9 Å². The Labute approximate surface area is 142 Å². The van der Waals surface area contributed by atoms with Gasteiger partial charge in [0.1, 0.15) is 5.75 Å². The highest BCUT2D eigenvalue weighted by atomic mass is 16.5. The van der Waals surface area contributed by atoms with Crippen LogP contribution in [0, 0.1) is 6.92 Å². The second-order valence-corrected chi connectivity index (χ2v) is 6.06. The van der Waals surface area contributed by atoms with E-state index in [9.17, 15) is 14.7 Å². The fourth-order valence-electron chi connectivity index (χ4n) is 2.73. The molecule has 0 aromatic heterocycles. The molecule has 3 N–H and O–H groups in total. The number of hydrogen-bond donors (Lipinski definition) is 3. The Balaban J connectivity index is 1.78. The molecule has 1 heterocycles. The van der Waals surface area contributed by atoms with E-state index in [0.29, 0.717) is 18.0 Å². The molecule has 1 atom stereocenters. The number of nitrogens with one attached hydrogen (secondary N) is 2. The van der Waals surface area contributed by atoms with Crippen LogP contribution in [-0.2, 0) is 9.59 Å². The van der Waals surface area contributed by atoms with Crippen molar-refractivity contribution >= 4 is 17.5 Å². The summed E-state index contributed by atoms with van der Waals surface area (Å²) in [6.07, 6.45) is 1.28. The zero-order chi connectivity index (χ0) is 17.5. The first-order valence-corrected chi connectivity index (χ1v) is 8.09. The number of carbonyl (C=O) groups excluding carboxylic acids is 2. The molecule has 132 valence electrons. The zero-order valence-electron chi connectivity index (χ0n) is 14.2. The van der Waals surface area contributed by atoms with Gasteiger partial charge in [-0.25, -0.2) is 0 Å². The number of aryl methyl sites for hydroxylation is 1. The lowest BCUT2D eigenvalue weighted by atomic mass is 10.1. The summed E-state index contributed by atoms with van der Waals surface area (Å²) >= 11 is 0. The number of likely N-dealkylation sites (tertiary alicyclic amines) is 1. The van der Waals surface area contributed by atoms with E-state index < -0.39 is 0 Å². The quantitative estimate of drug-likeness (QED) is 0.705. The molecule has 1 aliphatic rings. The van der Waals surface area contributed by atoms with Crippen molar-refractivity contribution in [3.05, 3.63) is 23.8 Å². The molecule has 1 saturated heterocycles. The molecule has 1 aromatic rings. The number of amides is 2. The van der Waals surface area contributed by atoms with Crippen LogP contribution in [0.3, 0.4) is 0 Å². The van der Waals surface area contributed by atoms with Gasteiger partial charge >= 0.3 is 0 Å². The average Bonchev–Trinajstić information content (AvgIpc) is 2.53. The first kappa shape index (κ1) is 18.2. The fourth-order valence-corrected chi connectivity index (χ4v) is 2.73. The smallest absolute Gasteiger partial charge is 0.243 e. The molecule has 1 fully saturated rings. The summed E-state index contributed by atoms with van der Waals surface area (Å²) in [5.74, 6) is 0.0315. The molecule has 7 heteroatoms. The van der Waals surface area contributed by atoms with Crippen LogP contribution in [0.2, 0.25) is 0 Å². The van der Waals surface area contributed by atoms with Crippen LogP contribution in [0.25, 0.3) is 0 Å². The average molecular weight is 335 g/mol. The van der Waals surface area contributed by atoms with Crippen molar-refractivity contribution < 1.29 is 19.4 Å². The molecule has 24 heavy (non-hydrogen) atoms. The maximum absolute atomic E-state index is 12.0. The molecule has 0 spiro atoms. The van der Waals surface area contributed by atoms with E-state index in [1.54, 1.807) is 6.07 Å². The van der Waals surface area contributed by atoms with Gasteiger partial charge in [-0.1, -0.05) is 6.07 Å². The molecule has 0 saturated carbocycles. The van der Waals surface area contributed by atoms with E-state index in [0.717, 1.165) is 24.9 Å². The Morgan fingerprint density at radius 1 is 1.38 bits per heavy atom. The summed E-state index contributed by atoms with van der Waals surface area (Å²) in [5, 5.41) is 14.9. The van der Waals surface area contributed by atoms with E-state index in [1.807, 2.05) is 24.0 Å². The minimum absolute atomic E-state index is 0.105. The number of benzene rings is 1. The Kier molecular flexibility index (Phi) is 6.57. The summed E-state index contributed by atoms with van der Waals surface area (Å²) in [5.41, 5.74) is 1.58. The molecule has 0 radical (unpaired) electrons. The number of anilines is 1. The van der Waals surface area contributed by atoms with Gasteiger partial charge in [0.15, 0.2) is 0 Å². The van der Waals surface area contributed by atoms with Crippen LogP contribution >= 0.6 is 0 Å². The SMILES string of the molecule is COc1ccc(C)cc1NC(=O)CNC(=O)CN1CCCC(O)C1. The van der Waals surface area contributed by atoms with E-state index in [4.69, 9.17) is 4.74 Å². The number of hydrogen-bond acceptors (Lipinski definition) is 5. The largest absolute Gasteiger partial charge is 0.495 e. The first-order chi connectivity index (χ1) is 11.5. The highest BCUT2D eigenvalue weighted by Gasteiger charge is 2.19. The highest BCUT2D eigenvalue weighted by molar-refractivity contribution is 5.96. The van der Waals surface area contributed by atoms with Gasteiger partial charge in [0, 0.05) is 6.54 Å². The Morgan fingerprint density at radius 2 is 2.17 bits per heavy atom. The Hall–Kier alpha value is -2.12. The van der Waals surface area contributed by atoms with Gasteiger partial charge in [-0.2, -0.15) is 0 Å². The predicted octanol–water partition coefficient (Wildman–Crippen LogP) is 0.515. The fraction of sp³-hybridized carbons (Fsp3) is 0.529. The summed E-state index contributed by atoms with van der Waals surface area (Å²) in [4.78, 5) is 25.8. The molecular weight excluding hydrogens is 310 g/mol. The summed E-state index contributed by atoms with van der Waals surface area (Å²) < 4.78 is 5.20. The predicted molar refractivity (Wildman–Crippen MR) is 91.1 cm³/mol. The number of carbonyl (C=O) groups is 2. The molecule has 1 aliphatic heterocycles. The van der Waals surface area contributed by atoms with Crippen LogP contribution in [0.1, 0.15) is 18.4 Å².